The highest BCUT2D eigenvalue weighted by Gasteiger charge is 2.28. The van der Waals surface area contributed by atoms with Crippen LogP contribution in [0.25, 0.3) is 0 Å². The van der Waals surface area contributed by atoms with Crippen molar-refractivity contribution in [2.75, 3.05) is 26.8 Å². The highest BCUT2D eigenvalue weighted by atomic mass is 16.5. The van der Waals surface area contributed by atoms with Crippen molar-refractivity contribution in [1.29, 1.82) is 0 Å². The van der Waals surface area contributed by atoms with Gasteiger partial charge in [0.2, 0.25) is 0 Å². The number of hydrogen-bond acceptors (Lipinski definition) is 3. The molecule has 1 aromatic rings. The van der Waals surface area contributed by atoms with Gasteiger partial charge in [0.05, 0.1) is 17.9 Å². The standard InChI is InChI=1S/C14H22N4O2.C2H6.H2/c1-10-12-9-17(14(19)15-2)5-6-18(12)13(16-10)11-3-7-20-8-4-11;1-2;/h11H,3-9H2,1-2H3,(H,15,19);1-2H3;1H. The summed E-state index contributed by atoms with van der Waals surface area (Å²) in [5, 5.41) is 2.70. The van der Waals surface area contributed by atoms with Crippen molar-refractivity contribution in [1.82, 2.24) is 19.8 Å². The van der Waals surface area contributed by atoms with Gasteiger partial charge in [0.25, 0.3) is 0 Å². The molecular formula is C16H30N4O2. The van der Waals surface area contributed by atoms with E-state index < -0.39 is 0 Å². The molecule has 0 aromatic carbocycles. The molecular weight excluding hydrogens is 280 g/mol. The summed E-state index contributed by atoms with van der Waals surface area (Å²) >= 11 is 0. The zero-order valence-electron chi connectivity index (χ0n) is 14.2. The summed E-state index contributed by atoms with van der Waals surface area (Å²) in [7, 11) is 1.68. The topological polar surface area (TPSA) is 59.4 Å². The van der Waals surface area contributed by atoms with E-state index in [1.807, 2.05) is 25.7 Å². The van der Waals surface area contributed by atoms with Crippen LogP contribution in [0.5, 0.6) is 0 Å². The molecule has 1 saturated heterocycles. The smallest absolute Gasteiger partial charge is 0.317 e. The maximum absolute atomic E-state index is 11.8. The summed E-state index contributed by atoms with van der Waals surface area (Å²) in [4.78, 5) is 18.4. The molecule has 3 heterocycles. The van der Waals surface area contributed by atoms with Crippen LogP contribution in [0.3, 0.4) is 0 Å². The van der Waals surface area contributed by atoms with Gasteiger partial charge in [-0.3, -0.25) is 0 Å². The van der Waals surface area contributed by atoms with Gasteiger partial charge in [-0.2, -0.15) is 0 Å². The molecule has 2 amide bonds. The van der Waals surface area contributed by atoms with Gasteiger partial charge in [-0.1, -0.05) is 13.8 Å². The number of nitrogens with one attached hydrogen (secondary N) is 1. The Morgan fingerprint density at radius 2 is 2.00 bits per heavy atom. The second-order valence-electron chi connectivity index (χ2n) is 5.52. The Labute approximate surface area is 134 Å². The number of urea groups is 1. The molecule has 0 spiro atoms. The zero-order valence-corrected chi connectivity index (χ0v) is 14.2. The van der Waals surface area contributed by atoms with Crippen LogP contribution in [0, 0.1) is 6.92 Å². The second kappa shape index (κ2) is 7.63. The molecule has 1 aromatic heterocycles. The Kier molecular flexibility index (Phi) is 5.83. The van der Waals surface area contributed by atoms with Gasteiger partial charge >= 0.3 is 6.03 Å². The molecule has 0 radical (unpaired) electrons. The van der Waals surface area contributed by atoms with Crippen molar-refractivity contribution in [3.63, 3.8) is 0 Å². The quantitative estimate of drug-likeness (QED) is 0.867. The van der Waals surface area contributed by atoms with Crippen molar-refractivity contribution < 1.29 is 11.0 Å². The van der Waals surface area contributed by atoms with Crippen molar-refractivity contribution >= 4 is 6.03 Å². The van der Waals surface area contributed by atoms with E-state index in [2.05, 4.69) is 9.88 Å². The van der Waals surface area contributed by atoms with E-state index in [1.54, 1.807) is 7.05 Å². The number of amides is 2. The third-order valence-corrected chi connectivity index (χ3v) is 4.32. The van der Waals surface area contributed by atoms with Gasteiger partial charge in [0.15, 0.2) is 0 Å². The lowest BCUT2D eigenvalue weighted by molar-refractivity contribution is 0.0823. The van der Waals surface area contributed by atoms with Gasteiger partial charge in [0, 0.05) is 40.7 Å². The Hall–Kier alpha value is -1.56. The molecule has 0 aliphatic carbocycles. The van der Waals surface area contributed by atoms with E-state index in [-0.39, 0.29) is 7.46 Å². The average molecular weight is 310 g/mol. The number of imidazole rings is 1. The number of fused-ring (bicyclic) bond motifs is 1. The average Bonchev–Trinajstić information content (AvgIpc) is 2.93. The first kappa shape index (κ1) is 16.8. The van der Waals surface area contributed by atoms with Gasteiger partial charge in [-0.15, -0.1) is 0 Å². The van der Waals surface area contributed by atoms with Crippen LogP contribution in [0.1, 0.15) is 51.2 Å². The molecule has 22 heavy (non-hydrogen) atoms. The van der Waals surface area contributed by atoms with E-state index in [4.69, 9.17) is 9.72 Å². The molecule has 2 aliphatic heterocycles. The Morgan fingerprint density at radius 3 is 2.64 bits per heavy atom. The first-order chi connectivity index (χ1) is 10.7. The molecule has 6 nitrogen and oxygen atoms in total. The van der Waals surface area contributed by atoms with Gasteiger partial charge in [-0.05, 0) is 19.8 Å². The van der Waals surface area contributed by atoms with Crippen LogP contribution < -0.4 is 5.32 Å². The van der Waals surface area contributed by atoms with E-state index in [0.717, 1.165) is 44.8 Å². The van der Waals surface area contributed by atoms with Crippen LogP contribution in [0.2, 0.25) is 0 Å². The summed E-state index contributed by atoms with van der Waals surface area (Å²) in [5.41, 5.74) is 2.24. The maximum atomic E-state index is 11.8. The summed E-state index contributed by atoms with van der Waals surface area (Å²) in [5.74, 6) is 1.69. The predicted molar refractivity (Wildman–Crippen MR) is 88.1 cm³/mol. The molecule has 0 atom stereocenters. The highest BCUT2D eigenvalue weighted by molar-refractivity contribution is 5.73. The molecule has 1 N–H and O–H groups in total. The minimum atomic E-state index is -0.00975. The van der Waals surface area contributed by atoms with Crippen LogP contribution >= 0.6 is 0 Å². The lowest BCUT2D eigenvalue weighted by Gasteiger charge is -2.30. The fourth-order valence-electron chi connectivity index (χ4n) is 3.16. The van der Waals surface area contributed by atoms with Crippen molar-refractivity contribution in [2.24, 2.45) is 0 Å². The lowest BCUT2D eigenvalue weighted by Crippen LogP contribution is -2.43. The molecule has 1 fully saturated rings. The first-order valence-electron chi connectivity index (χ1n) is 8.31. The van der Waals surface area contributed by atoms with Crippen molar-refractivity contribution in [2.45, 2.75) is 52.6 Å². The summed E-state index contributed by atoms with van der Waals surface area (Å²) in [6, 6.07) is -0.00975. The van der Waals surface area contributed by atoms with Crippen LogP contribution in [-0.2, 0) is 17.8 Å². The number of aryl methyl sites for hydroxylation is 1. The van der Waals surface area contributed by atoms with Gasteiger partial charge in [0.1, 0.15) is 5.82 Å². The molecule has 3 rings (SSSR count). The largest absolute Gasteiger partial charge is 0.381 e. The SMILES string of the molecule is CC.CNC(=O)N1CCn2c(C3CCOCC3)nc(C)c2C1.[HH]. The number of aromatic nitrogens is 2. The number of ether oxygens (including phenoxy) is 1. The number of carbonyl (C=O) groups is 1. The first-order valence-corrected chi connectivity index (χ1v) is 8.31. The Morgan fingerprint density at radius 1 is 1.32 bits per heavy atom. The highest BCUT2D eigenvalue weighted by Crippen LogP contribution is 2.30. The minimum Gasteiger partial charge on any atom is -0.381 e. The number of hydrogen-bond donors (Lipinski definition) is 1. The Balaban J connectivity index is 0.000000849. The van der Waals surface area contributed by atoms with Crippen LogP contribution in [0.4, 0.5) is 4.79 Å². The van der Waals surface area contributed by atoms with E-state index in [0.29, 0.717) is 12.5 Å². The molecule has 0 unspecified atom stereocenters. The fraction of sp³-hybridized carbons (Fsp3) is 0.750. The lowest BCUT2D eigenvalue weighted by atomic mass is 9.99. The Bertz CT molecular complexity index is 512. The third-order valence-electron chi connectivity index (χ3n) is 4.32. The summed E-state index contributed by atoms with van der Waals surface area (Å²) in [6.07, 6.45) is 2.10. The van der Waals surface area contributed by atoms with Crippen molar-refractivity contribution in [3.05, 3.63) is 17.2 Å². The van der Waals surface area contributed by atoms with Crippen LogP contribution in [-0.4, -0.2) is 47.3 Å². The minimum absolute atomic E-state index is 0. The van der Waals surface area contributed by atoms with Crippen LogP contribution in [0.15, 0.2) is 0 Å². The zero-order chi connectivity index (χ0) is 16.1. The van der Waals surface area contributed by atoms with E-state index >= 15 is 0 Å². The third kappa shape index (κ3) is 3.27. The monoisotopic (exact) mass is 310 g/mol. The second-order valence-corrected chi connectivity index (χ2v) is 5.52. The normalized spacial score (nSPS) is 18.3. The molecule has 0 saturated carbocycles. The van der Waals surface area contributed by atoms with E-state index in [9.17, 15) is 4.79 Å². The summed E-state index contributed by atoms with van der Waals surface area (Å²) < 4.78 is 7.76. The summed E-state index contributed by atoms with van der Waals surface area (Å²) in [6.45, 7) is 9.95. The van der Waals surface area contributed by atoms with E-state index in [1.165, 1.54) is 11.5 Å². The molecule has 126 valence electrons. The predicted octanol–water partition coefficient (Wildman–Crippen LogP) is 2.51. The molecule has 2 aliphatic rings. The molecule has 6 heteroatoms. The van der Waals surface area contributed by atoms with Crippen molar-refractivity contribution in [3.8, 4) is 0 Å². The van der Waals surface area contributed by atoms with Gasteiger partial charge < -0.3 is 19.5 Å². The maximum Gasteiger partial charge on any atom is 0.317 e. The number of carbonyl (C=O) groups excluding carboxylic acids is 1. The number of nitrogens with zero attached hydrogens (tertiary/aromatic N) is 3. The van der Waals surface area contributed by atoms with Gasteiger partial charge in [-0.25, -0.2) is 9.78 Å². The number of rotatable bonds is 1. The molecule has 0 bridgehead atoms. The fourth-order valence-corrected chi connectivity index (χ4v) is 3.16.